The third-order valence-electron chi connectivity index (χ3n) is 5.29. The van der Waals surface area contributed by atoms with Crippen LogP contribution in [0.2, 0.25) is 5.02 Å². The first-order chi connectivity index (χ1) is 14.4. The number of aromatic nitrogens is 2. The largest absolute Gasteiger partial charge is 0.382 e. The highest BCUT2D eigenvalue weighted by atomic mass is 35.5. The number of carbonyl (C=O) groups excluding carboxylic acids is 1. The third kappa shape index (κ3) is 4.62. The summed E-state index contributed by atoms with van der Waals surface area (Å²) in [6.45, 7) is 1.23. The van der Waals surface area contributed by atoms with Crippen molar-refractivity contribution in [2.75, 3.05) is 37.4 Å². The molecule has 1 aromatic heterocycles. The number of nitrogens with zero attached hydrogens (tertiary/aromatic N) is 4. The zero-order valence-corrected chi connectivity index (χ0v) is 17.4. The summed E-state index contributed by atoms with van der Waals surface area (Å²) in [5.74, 6) is 0.350. The molecule has 0 unspecified atom stereocenters. The Hall–Kier alpha value is -2.93. The van der Waals surface area contributed by atoms with Gasteiger partial charge in [-0.1, -0.05) is 23.7 Å². The topological polar surface area (TPSA) is 143 Å². The predicted octanol–water partition coefficient (Wildman–Crippen LogP) is 1.39. The molecule has 1 amide bonds. The molecule has 1 fully saturated rings. The Morgan fingerprint density at radius 1 is 1.37 bits per heavy atom. The van der Waals surface area contributed by atoms with E-state index in [1.54, 1.807) is 19.2 Å². The van der Waals surface area contributed by atoms with Crippen molar-refractivity contribution in [3.05, 3.63) is 46.7 Å². The summed E-state index contributed by atoms with van der Waals surface area (Å²) in [4.78, 5) is 23.0. The number of nitrogens with one attached hydrogen (secondary N) is 1. The van der Waals surface area contributed by atoms with Gasteiger partial charge >= 0.3 is 0 Å². The zero-order chi connectivity index (χ0) is 21.7. The zero-order valence-electron chi connectivity index (χ0n) is 16.6. The number of nitriles is 1. The number of benzene rings is 1. The number of methoxy groups -OCH3 is 1. The smallest absolute Gasteiger partial charge is 0.240 e. The Bertz CT molecular complexity index is 937. The molecule has 158 valence electrons. The quantitative estimate of drug-likeness (QED) is 0.624. The molecule has 9 nitrogen and oxygen atoms in total. The van der Waals surface area contributed by atoms with Crippen molar-refractivity contribution in [2.45, 2.75) is 24.4 Å². The van der Waals surface area contributed by atoms with E-state index in [9.17, 15) is 10.1 Å². The fourth-order valence-electron chi connectivity index (χ4n) is 3.47. The van der Waals surface area contributed by atoms with Crippen LogP contribution in [0, 0.1) is 11.3 Å². The maximum Gasteiger partial charge on any atom is 0.240 e. The second kappa shape index (κ2) is 9.26. The molecule has 2 aromatic rings. The molecule has 1 aliphatic rings. The Labute approximate surface area is 180 Å². The van der Waals surface area contributed by atoms with Crippen LogP contribution in [0.25, 0.3) is 0 Å². The van der Waals surface area contributed by atoms with Gasteiger partial charge in [0.25, 0.3) is 0 Å². The van der Waals surface area contributed by atoms with Crippen LogP contribution in [0.3, 0.4) is 0 Å². The van der Waals surface area contributed by atoms with E-state index >= 15 is 0 Å². The van der Waals surface area contributed by atoms with Gasteiger partial charge in [0.15, 0.2) is 5.82 Å². The highest BCUT2D eigenvalue weighted by Crippen LogP contribution is 2.28. The number of nitrogens with two attached hydrogens (primary N) is 2. The molecule has 1 atom stereocenters. The number of amides is 1. The van der Waals surface area contributed by atoms with Gasteiger partial charge in [-0.25, -0.2) is 9.97 Å². The van der Waals surface area contributed by atoms with Gasteiger partial charge in [0.05, 0.1) is 18.2 Å². The molecule has 0 saturated carbocycles. The van der Waals surface area contributed by atoms with Crippen LogP contribution in [0.5, 0.6) is 0 Å². The summed E-state index contributed by atoms with van der Waals surface area (Å²) in [5, 5.41) is 13.0. The van der Waals surface area contributed by atoms with Crippen LogP contribution in [0.4, 0.5) is 11.6 Å². The Balaban J connectivity index is 1.69. The van der Waals surface area contributed by atoms with Gasteiger partial charge in [-0.3, -0.25) is 4.79 Å². The maximum atomic E-state index is 13.0. The molecule has 2 heterocycles. The Morgan fingerprint density at radius 3 is 2.63 bits per heavy atom. The number of piperidine rings is 1. The third-order valence-corrected chi connectivity index (χ3v) is 5.54. The second-order valence-corrected chi connectivity index (χ2v) is 7.68. The number of carbonyl (C=O) groups is 1. The van der Waals surface area contributed by atoms with Gasteiger partial charge in [-0.15, -0.1) is 0 Å². The van der Waals surface area contributed by atoms with E-state index in [0.29, 0.717) is 43.4 Å². The van der Waals surface area contributed by atoms with Crippen molar-refractivity contribution >= 4 is 29.1 Å². The summed E-state index contributed by atoms with van der Waals surface area (Å²) < 4.78 is 5.27. The minimum absolute atomic E-state index is 0.134. The molecule has 5 N–H and O–H groups in total. The summed E-state index contributed by atoms with van der Waals surface area (Å²) in [6, 6.07) is 8.93. The first-order valence-electron chi connectivity index (χ1n) is 9.47. The van der Waals surface area contributed by atoms with Crippen LogP contribution < -0.4 is 21.7 Å². The van der Waals surface area contributed by atoms with E-state index in [-0.39, 0.29) is 23.3 Å². The van der Waals surface area contributed by atoms with E-state index < -0.39 is 5.54 Å². The molecule has 1 aromatic carbocycles. The van der Waals surface area contributed by atoms with Crippen LogP contribution in [-0.2, 0) is 9.53 Å². The van der Waals surface area contributed by atoms with Gasteiger partial charge in [-0.2, -0.15) is 5.26 Å². The number of anilines is 2. The fraction of sp³-hybridized carbons (Fsp3) is 0.400. The summed E-state index contributed by atoms with van der Waals surface area (Å²) >= 11 is 5.96. The molecule has 1 aliphatic heterocycles. The van der Waals surface area contributed by atoms with E-state index in [2.05, 4.69) is 15.3 Å². The molecule has 3 rings (SSSR count). The number of halogens is 1. The lowest BCUT2D eigenvalue weighted by atomic mass is 9.87. The summed E-state index contributed by atoms with van der Waals surface area (Å²) in [6.07, 6.45) is 2.12. The lowest BCUT2D eigenvalue weighted by Crippen LogP contribution is -2.60. The van der Waals surface area contributed by atoms with Crippen molar-refractivity contribution in [3.63, 3.8) is 0 Å². The number of rotatable bonds is 6. The second-order valence-electron chi connectivity index (χ2n) is 7.25. The van der Waals surface area contributed by atoms with E-state index in [0.717, 1.165) is 5.56 Å². The number of hydrogen-bond donors (Lipinski definition) is 3. The molecule has 10 heteroatoms. The van der Waals surface area contributed by atoms with Crippen molar-refractivity contribution in [1.82, 2.24) is 15.3 Å². The molecule has 30 heavy (non-hydrogen) atoms. The molecule has 0 bridgehead atoms. The molecular formula is C20H24ClN7O2. The van der Waals surface area contributed by atoms with Crippen LogP contribution in [0.15, 0.2) is 30.6 Å². The minimum Gasteiger partial charge on any atom is -0.382 e. The van der Waals surface area contributed by atoms with Crippen LogP contribution in [0.1, 0.15) is 30.0 Å². The monoisotopic (exact) mass is 429 g/mol. The highest BCUT2D eigenvalue weighted by molar-refractivity contribution is 6.30. The van der Waals surface area contributed by atoms with Gasteiger partial charge in [0, 0.05) is 25.2 Å². The number of hydrogen-bond acceptors (Lipinski definition) is 8. The molecule has 0 radical (unpaired) electrons. The first kappa shape index (κ1) is 21.8. The van der Waals surface area contributed by atoms with Gasteiger partial charge in [0.2, 0.25) is 5.91 Å². The average molecular weight is 430 g/mol. The van der Waals surface area contributed by atoms with E-state index in [1.165, 1.54) is 6.33 Å². The minimum atomic E-state index is -1.04. The molecular weight excluding hydrogens is 406 g/mol. The molecule has 0 spiro atoms. The number of nitrogen functional groups attached to an aromatic ring is 1. The standard InChI is InChI=1S/C20H24ClN7O2/c1-30-11-16(13-2-4-14(21)5-3-13)27-19(29)20(24)6-8-28(9-7-20)18-15(10-22)17(23)25-12-26-18/h2-5,12,16H,6-9,11,24H2,1H3,(H,27,29)(H2,23,25,26)/t16-/m0/s1. The first-order valence-corrected chi connectivity index (χ1v) is 9.85. The van der Waals surface area contributed by atoms with E-state index in [1.807, 2.05) is 23.1 Å². The summed E-state index contributed by atoms with van der Waals surface area (Å²) in [7, 11) is 1.58. The predicted molar refractivity (Wildman–Crippen MR) is 114 cm³/mol. The van der Waals surface area contributed by atoms with Crippen molar-refractivity contribution in [3.8, 4) is 6.07 Å². The normalized spacial score (nSPS) is 16.5. The lowest BCUT2D eigenvalue weighted by Gasteiger charge is -2.39. The van der Waals surface area contributed by atoms with E-state index in [4.69, 9.17) is 27.8 Å². The van der Waals surface area contributed by atoms with Crippen molar-refractivity contribution in [2.24, 2.45) is 5.73 Å². The van der Waals surface area contributed by atoms with Crippen molar-refractivity contribution < 1.29 is 9.53 Å². The summed E-state index contributed by atoms with van der Waals surface area (Å²) in [5.41, 5.74) is 12.3. The van der Waals surface area contributed by atoms with Crippen LogP contribution >= 0.6 is 11.6 Å². The Kier molecular flexibility index (Phi) is 6.72. The number of ether oxygens (including phenoxy) is 1. The SMILES string of the molecule is COC[C@H](NC(=O)C1(N)CCN(c2ncnc(N)c2C#N)CC1)c1ccc(Cl)cc1. The lowest BCUT2D eigenvalue weighted by molar-refractivity contribution is -0.128. The fourth-order valence-corrected chi connectivity index (χ4v) is 3.59. The Morgan fingerprint density at radius 2 is 2.03 bits per heavy atom. The molecule has 0 aliphatic carbocycles. The maximum absolute atomic E-state index is 13.0. The van der Waals surface area contributed by atoms with Crippen molar-refractivity contribution in [1.29, 1.82) is 5.26 Å². The average Bonchev–Trinajstić information content (AvgIpc) is 2.74. The van der Waals surface area contributed by atoms with Crippen LogP contribution in [-0.4, -0.2) is 48.2 Å². The highest BCUT2D eigenvalue weighted by Gasteiger charge is 2.39. The molecule has 1 saturated heterocycles. The van der Waals surface area contributed by atoms with Gasteiger partial charge < -0.3 is 26.4 Å². The van der Waals surface area contributed by atoms with Gasteiger partial charge in [-0.05, 0) is 30.5 Å². The van der Waals surface area contributed by atoms with Gasteiger partial charge in [0.1, 0.15) is 23.8 Å².